The first-order chi connectivity index (χ1) is 25.6. The van der Waals surface area contributed by atoms with Gasteiger partial charge in [0.1, 0.15) is 0 Å². The van der Waals surface area contributed by atoms with Crippen LogP contribution in [0.25, 0.3) is 88.4 Å². The van der Waals surface area contributed by atoms with E-state index < -0.39 is 0 Å². The number of aromatic nitrogens is 2. The largest absolute Gasteiger partial charge is 0.310 e. The van der Waals surface area contributed by atoms with Gasteiger partial charge < -0.3 is 9.13 Å². The predicted molar refractivity (Wildman–Crippen MR) is 227 cm³/mol. The predicted octanol–water partition coefficient (Wildman–Crippen LogP) is 10.9. The third-order valence-corrected chi connectivity index (χ3v) is 12.7. The number of rotatable bonds is 2. The number of nitrogens with zero attached hydrogens (tertiary/aromatic N) is 2. The summed E-state index contributed by atoms with van der Waals surface area (Å²) in [6, 6.07) is 48.7. The van der Waals surface area contributed by atoms with Gasteiger partial charge in [-0.3, -0.25) is 0 Å². The van der Waals surface area contributed by atoms with Gasteiger partial charge >= 0.3 is 0 Å². The average molecular weight is 679 g/mol. The van der Waals surface area contributed by atoms with E-state index in [-0.39, 0.29) is 17.5 Å². The quantitative estimate of drug-likeness (QED) is 0.161. The first-order valence-corrected chi connectivity index (χ1v) is 19.2. The minimum Gasteiger partial charge on any atom is -0.310 e. The second-order valence-electron chi connectivity index (χ2n) is 17.7. The Morgan fingerprint density at radius 2 is 1.17 bits per heavy atom. The molecule has 2 nitrogen and oxygen atoms in total. The standard InChI is InChI=1S/C50H39BN2/c1-49(2,3)31-23-24-37-33(26-31)34-27-36(50(4,5)6)42-32-20-13-19-30-25-35-41(28-15-9-7-10-16-28)46(29-17-11-8-12-18-29)53-39-22-14-21-38-43(39)51(44(40(30)32)48(35)53)45(42)47(34)52(37)38/h7-27H,1-6H3. The molecule has 53 heavy (non-hydrogen) atoms. The van der Waals surface area contributed by atoms with Crippen LogP contribution in [0.3, 0.4) is 0 Å². The van der Waals surface area contributed by atoms with Crippen molar-refractivity contribution < 1.29 is 0 Å². The fourth-order valence-electron chi connectivity index (χ4n) is 10.5. The summed E-state index contributed by atoms with van der Waals surface area (Å²) in [5.74, 6) is 0. The molecule has 0 bridgehead atoms. The fraction of sp³-hybridized carbons (Fsp3) is 0.160. The summed E-state index contributed by atoms with van der Waals surface area (Å²) < 4.78 is 5.29. The lowest BCUT2D eigenvalue weighted by molar-refractivity contribution is 0.591. The van der Waals surface area contributed by atoms with E-state index in [1.54, 1.807) is 0 Å². The topological polar surface area (TPSA) is 9.86 Å². The summed E-state index contributed by atoms with van der Waals surface area (Å²) in [6.45, 7) is 14.3. The number of hydrogen-bond acceptors (Lipinski definition) is 0. The van der Waals surface area contributed by atoms with Crippen molar-refractivity contribution in [2.24, 2.45) is 0 Å². The molecule has 0 atom stereocenters. The highest BCUT2D eigenvalue weighted by atomic mass is 15.0. The maximum Gasteiger partial charge on any atom is 0.253 e. The summed E-state index contributed by atoms with van der Waals surface area (Å²) in [7, 11) is 0. The minimum absolute atomic E-state index is 0.0500. The molecule has 252 valence electrons. The Hall–Kier alpha value is -5.80. The van der Waals surface area contributed by atoms with Gasteiger partial charge in [0.25, 0.3) is 6.71 Å². The third-order valence-electron chi connectivity index (χ3n) is 12.7. The van der Waals surface area contributed by atoms with Crippen LogP contribution in [0.4, 0.5) is 0 Å². The van der Waals surface area contributed by atoms with E-state index in [4.69, 9.17) is 0 Å². The van der Waals surface area contributed by atoms with Crippen molar-refractivity contribution in [3.63, 3.8) is 0 Å². The van der Waals surface area contributed by atoms with Crippen molar-refractivity contribution in [2.45, 2.75) is 52.4 Å². The van der Waals surface area contributed by atoms with Crippen LogP contribution in [0.5, 0.6) is 0 Å². The molecule has 0 fully saturated rings. The van der Waals surface area contributed by atoms with Gasteiger partial charge in [-0.25, -0.2) is 0 Å². The molecule has 0 radical (unpaired) electrons. The highest BCUT2D eigenvalue weighted by Gasteiger charge is 2.47. The smallest absolute Gasteiger partial charge is 0.253 e. The molecule has 0 saturated heterocycles. The molecule has 0 saturated carbocycles. The molecule has 0 N–H and O–H groups in total. The first kappa shape index (κ1) is 29.7. The van der Waals surface area contributed by atoms with E-state index in [9.17, 15) is 0 Å². The van der Waals surface area contributed by atoms with Crippen molar-refractivity contribution in [3.05, 3.63) is 139 Å². The van der Waals surface area contributed by atoms with E-state index in [1.165, 1.54) is 116 Å². The maximum absolute atomic E-state index is 2.65. The van der Waals surface area contributed by atoms with E-state index in [0.717, 1.165) is 0 Å². The lowest BCUT2D eigenvalue weighted by Gasteiger charge is -2.40. The van der Waals surface area contributed by atoms with E-state index in [1.807, 2.05) is 0 Å². The number of hydrogen-bond donors (Lipinski definition) is 0. The van der Waals surface area contributed by atoms with Gasteiger partial charge in [0.2, 0.25) is 0 Å². The van der Waals surface area contributed by atoms with Gasteiger partial charge in [-0.05, 0) is 108 Å². The van der Waals surface area contributed by atoms with Gasteiger partial charge in [-0.15, -0.1) is 0 Å². The summed E-state index contributed by atoms with van der Waals surface area (Å²) in [5.41, 5.74) is 21.7. The summed E-state index contributed by atoms with van der Waals surface area (Å²) in [6.07, 6.45) is 0. The molecule has 5 heterocycles. The number of benzene rings is 7. The second-order valence-corrected chi connectivity index (χ2v) is 17.7. The second kappa shape index (κ2) is 9.59. The maximum atomic E-state index is 2.65. The highest BCUT2D eigenvalue weighted by molar-refractivity contribution is 7.03. The summed E-state index contributed by atoms with van der Waals surface area (Å²) in [4.78, 5) is 0. The Morgan fingerprint density at radius 3 is 1.89 bits per heavy atom. The van der Waals surface area contributed by atoms with Crippen LogP contribution < -0.4 is 16.4 Å². The Balaban J connectivity index is 1.38. The normalized spacial score (nSPS) is 13.8. The molecule has 0 amide bonds. The Morgan fingerprint density at radius 1 is 0.491 bits per heavy atom. The molecule has 0 spiro atoms. The lowest BCUT2D eigenvalue weighted by atomic mass is 9.31. The lowest BCUT2D eigenvalue weighted by Crippen LogP contribution is -2.61. The van der Waals surface area contributed by atoms with Crippen molar-refractivity contribution in [3.8, 4) is 44.9 Å². The highest BCUT2D eigenvalue weighted by Crippen LogP contribution is 2.50. The Labute approximate surface area is 310 Å². The molecule has 0 unspecified atom stereocenters. The van der Waals surface area contributed by atoms with Gasteiger partial charge in [-0.2, -0.15) is 0 Å². The molecule has 3 aliphatic rings. The summed E-state index contributed by atoms with van der Waals surface area (Å²) in [5, 5.41) is 6.81. The molecule has 0 aliphatic carbocycles. The van der Waals surface area contributed by atoms with E-state index in [0.29, 0.717) is 0 Å². The zero-order valence-electron chi connectivity index (χ0n) is 31.1. The third kappa shape index (κ3) is 3.56. The molecular weight excluding hydrogens is 639 g/mol. The van der Waals surface area contributed by atoms with Crippen molar-refractivity contribution in [1.29, 1.82) is 0 Å². The molecule has 3 heteroatoms. The number of fused-ring (bicyclic) bond motifs is 6. The molecular formula is C50H39BN2. The average Bonchev–Trinajstić information content (AvgIpc) is 3.68. The van der Waals surface area contributed by atoms with Crippen LogP contribution in [0.2, 0.25) is 0 Å². The van der Waals surface area contributed by atoms with Crippen molar-refractivity contribution >= 4 is 66.6 Å². The Bertz CT molecular complexity index is 3110. The van der Waals surface area contributed by atoms with Gasteiger partial charge in [0.05, 0.1) is 16.7 Å². The minimum atomic E-state index is -0.0600. The first-order valence-electron chi connectivity index (χ1n) is 19.2. The van der Waals surface area contributed by atoms with Gasteiger partial charge in [0, 0.05) is 38.6 Å². The van der Waals surface area contributed by atoms with Crippen LogP contribution in [0, 0.1) is 0 Å². The molecule has 12 rings (SSSR count). The molecule has 9 aromatic rings. The Kier molecular flexibility index (Phi) is 5.38. The van der Waals surface area contributed by atoms with Crippen LogP contribution in [-0.4, -0.2) is 15.8 Å². The van der Waals surface area contributed by atoms with Gasteiger partial charge in [-0.1, -0.05) is 133 Å². The van der Waals surface area contributed by atoms with Crippen LogP contribution in [0.1, 0.15) is 52.7 Å². The van der Waals surface area contributed by atoms with Crippen LogP contribution >= 0.6 is 0 Å². The van der Waals surface area contributed by atoms with Crippen LogP contribution in [0.15, 0.2) is 127 Å². The fourth-order valence-corrected chi connectivity index (χ4v) is 10.5. The zero-order chi connectivity index (χ0) is 35.7. The zero-order valence-corrected chi connectivity index (χ0v) is 31.1. The summed E-state index contributed by atoms with van der Waals surface area (Å²) >= 11 is 0. The monoisotopic (exact) mass is 678 g/mol. The SMILES string of the molecule is CC(C)(C)c1ccc2c(c1)c1cc(C(C)(C)C)c3c4c1n2-c1cccc2c1B4c1c4c-3cccc4cc3c(-c4ccccc4)c(-c4ccccc4)n-2c13. The molecule has 2 aromatic heterocycles. The van der Waals surface area contributed by atoms with Crippen molar-refractivity contribution in [2.75, 3.05) is 0 Å². The van der Waals surface area contributed by atoms with Gasteiger partial charge in [0.15, 0.2) is 0 Å². The van der Waals surface area contributed by atoms with Crippen LogP contribution in [-0.2, 0) is 10.8 Å². The van der Waals surface area contributed by atoms with E-state index >= 15 is 0 Å². The van der Waals surface area contributed by atoms with Crippen molar-refractivity contribution in [1.82, 2.24) is 9.13 Å². The molecule has 7 aromatic carbocycles. The molecule has 3 aliphatic heterocycles. The van der Waals surface area contributed by atoms with E-state index in [2.05, 4.69) is 178 Å².